The van der Waals surface area contributed by atoms with Gasteiger partial charge in [-0.2, -0.15) is 0 Å². The van der Waals surface area contributed by atoms with E-state index in [0.717, 1.165) is 0 Å². The monoisotopic (exact) mass is 463 g/mol. The number of hydrogen-bond acceptors (Lipinski definition) is 4. The maximum atomic E-state index is 12.8. The van der Waals surface area contributed by atoms with Gasteiger partial charge in [0, 0.05) is 31.2 Å². The van der Waals surface area contributed by atoms with Gasteiger partial charge in [-0.1, -0.05) is 30.1 Å². The Labute approximate surface area is 182 Å². The first-order valence-electron chi connectivity index (χ1n) is 9.64. The van der Waals surface area contributed by atoms with Crippen molar-refractivity contribution in [3.8, 4) is 0 Å². The van der Waals surface area contributed by atoms with E-state index in [9.17, 15) is 18.0 Å². The lowest BCUT2D eigenvalue weighted by Gasteiger charge is -2.40. The molecule has 0 spiro atoms. The fourth-order valence-electron chi connectivity index (χ4n) is 3.43. The van der Waals surface area contributed by atoms with Crippen LogP contribution in [0.1, 0.15) is 43.5 Å². The van der Waals surface area contributed by atoms with Crippen LogP contribution in [-0.2, 0) is 14.8 Å². The number of carbonyl (C=O) groups excluding carboxylic acids is 2. The highest BCUT2D eigenvalue weighted by molar-refractivity contribution is 7.89. The largest absolute Gasteiger partial charge is 0.356 e. The van der Waals surface area contributed by atoms with Gasteiger partial charge in [0.1, 0.15) is 0 Å². The van der Waals surface area contributed by atoms with Crippen LogP contribution in [0.25, 0.3) is 0 Å². The predicted molar refractivity (Wildman–Crippen MR) is 115 cm³/mol. The summed E-state index contributed by atoms with van der Waals surface area (Å²) in [6.07, 6.45) is 1.20. The molecule has 2 N–H and O–H groups in total. The Morgan fingerprint density at radius 3 is 2.34 bits per heavy atom. The summed E-state index contributed by atoms with van der Waals surface area (Å²) in [6.45, 7) is 4.68. The Balaban J connectivity index is 2.13. The number of piperidine rings is 1. The predicted octanol–water partition coefficient (Wildman–Crippen LogP) is 2.68. The third-order valence-corrected chi connectivity index (χ3v) is 7.74. The van der Waals surface area contributed by atoms with Crippen molar-refractivity contribution in [2.45, 2.75) is 33.1 Å². The molecule has 10 heteroatoms. The van der Waals surface area contributed by atoms with E-state index in [1.807, 2.05) is 13.8 Å². The number of nitrogens with one attached hydrogen (secondary N) is 2. The fourth-order valence-corrected chi connectivity index (χ4v) is 5.44. The van der Waals surface area contributed by atoms with Crippen molar-refractivity contribution in [2.75, 3.05) is 31.9 Å². The minimum atomic E-state index is -3.32. The molecule has 0 aliphatic carbocycles. The molecule has 1 heterocycles. The molecule has 7 nitrogen and oxygen atoms in total. The van der Waals surface area contributed by atoms with Gasteiger partial charge in [0.2, 0.25) is 15.9 Å². The average Bonchev–Trinajstić information content (AvgIpc) is 2.66. The van der Waals surface area contributed by atoms with Crippen LogP contribution in [0.4, 0.5) is 0 Å². The van der Waals surface area contributed by atoms with Crippen LogP contribution in [0.3, 0.4) is 0 Å². The van der Waals surface area contributed by atoms with Gasteiger partial charge in [0.05, 0.1) is 21.8 Å². The van der Waals surface area contributed by atoms with Crippen LogP contribution >= 0.6 is 23.2 Å². The first-order valence-corrected chi connectivity index (χ1v) is 12.0. The summed E-state index contributed by atoms with van der Waals surface area (Å²) in [5.41, 5.74) is -0.604. The molecule has 29 heavy (non-hydrogen) atoms. The van der Waals surface area contributed by atoms with E-state index in [1.165, 1.54) is 16.4 Å². The number of amides is 2. The number of halogens is 2. The van der Waals surface area contributed by atoms with Crippen molar-refractivity contribution in [1.29, 1.82) is 0 Å². The van der Waals surface area contributed by atoms with E-state index >= 15 is 0 Å². The quantitative estimate of drug-likeness (QED) is 0.619. The topological polar surface area (TPSA) is 95.6 Å². The summed E-state index contributed by atoms with van der Waals surface area (Å²) in [6, 6.07) is 4.58. The van der Waals surface area contributed by atoms with E-state index < -0.39 is 21.3 Å². The summed E-state index contributed by atoms with van der Waals surface area (Å²) in [5, 5.41) is 6.25. The molecule has 2 amide bonds. The zero-order valence-electron chi connectivity index (χ0n) is 16.6. The SMILES string of the molecule is CCCS(=O)(=O)N1CCC(CNC(=O)c2ccc(Cl)cc2Cl)(C(=O)NCC)CC1. The number of benzene rings is 1. The third-order valence-electron chi connectivity index (χ3n) is 5.12. The maximum Gasteiger partial charge on any atom is 0.252 e. The van der Waals surface area contributed by atoms with Crippen LogP contribution in [0.15, 0.2) is 18.2 Å². The molecule has 0 atom stereocenters. The second-order valence-electron chi connectivity index (χ2n) is 7.16. The molecule has 0 bridgehead atoms. The zero-order chi connectivity index (χ0) is 21.7. The standard InChI is InChI=1S/C19H27Cl2N3O4S/c1-3-11-29(27,28)24-9-7-19(8-10-24,18(26)22-4-2)13-23-17(25)15-6-5-14(20)12-16(15)21/h5-6,12H,3-4,7-11,13H2,1-2H3,(H,22,26)(H,23,25). The first-order chi connectivity index (χ1) is 13.6. The maximum absolute atomic E-state index is 12.8. The van der Waals surface area contributed by atoms with Crippen molar-refractivity contribution in [1.82, 2.24) is 14.9 Å². The summed E-state index contributed by atoms with van der Waals surface area (Å²) < 4.78 is 26.1. The van der Waals surface area contributed by atoms with Crippen LogP contribution in [0.2, 0.25) is 10.0 Å². The lowest BCUT2D eigenvalue weighted by atomic mass is 9.77. The van der Waals surface area contributed by atoms with E-state index in [2.05, 4.69) is 10.6 Å². The lowest BCUT2D eigenvalue weighted by molar-refractivity contribution is -0.132. The fraction of sp³-hybridized carbons (Fsp3) is 0.579. The van der Waals surface area contributed by atoms with Gasteiger partial charge in [-0.05, 0) is 44.4 Å². The molecule has 1 aromatic rings. The smallest absolute Gasteiger partial charge is 0.252 e. The molecule has 1 fully saturated rings. The molecule has 2 rings (SSSR count). The van der Waals surface area contributed by atoms with Gasteiger partial charge in [0.25, 0.3) is 5.91 Å². The Morgan fingerprint density at radius 2 is 1.79 bits per heavy atom. The molecular formula is C19H27Cl2N3O4S. The minimum absolute atomic E-state index is 0.0902. The number of rotatable bonds is 8. The van der Waals surface area contributed by atoms with E-state index in [1.54, 1.807) is 6.07 Å². The highest BCUT2D eigenvalue weighted by Gasteiger charge is 2.43. The van der Waals surface area contributed by atoms with Crippen molar-refractivity contribution >= 4 is 45.0 Å². The molecule has 1 aliphatic heterocycles. The van der Waals surface area contributed by atoms with Crippen molar-refractivity contribution in [3.63, 3.8) is 0 Å². The molecule has 1 aromatic carbocycles. The molecule has 0 aromatic heterocycles. The van der Waals surface area contributed by atoms with Gasteiger partial charge in [-0.3, -0.25) is 9.59 Å². The van der Waals surface area contributed by atoms with Gasteiger partial charge < -0.3 is 10.6 Å². The Hall–Kier alpha value is -1.35. The highest BCUT2D eigenvalue weighted by atomic mass is 35.5. The molecule has 0 saturated carbocycles. The van der Waals surface area contributed by atoms with E-state index in [4.69, 9.17) is 23.2 Å². The minimum Gasteiger partial charge on any atom is -0.356 e. The molecule has 0 radical (unpaired) electrons. The Bertz CT molecular complexity index is 853. The normalized spacial score (nSPS) is 17.0. The van der Waals surface area contributed by atoms with Gasteiger partial charge in [-0.15, -0.1) is 0 Å². The average molecular weight is 464 g/mol. The summed E-state index contributed by atoms with van der Waals surface area (Å²) >= 11 is 12.0. The molecule has 0 unspecified atom stereocenters. The Morgan fingerprint density at radius 1 is 1.14 bits per heavy atom. The van der Waals surface area contributed by atoms with Crippen molar-refractivity contribution in [2.24, 2.45) is 5.41 Å². The lowest BCUT2D eigenvalue weighted by Crippen LogP contribution is -2.55. The molecular weight excluding hydrogens is 437 g/mol. The Kier molecular flexibility index (Phi) is 8.34. The summed E-state index contributed by atoms with van der Waals surface area (Å²) in [4.78, 5) is 25.4. The van der Waals surface area contributed by atoms with Crippen LogP contribution in [0.5, 0.6) is 0 Å². The summed E-state index contributed by atoms with van der Waals surface area (Å²) in [5.74, 6) is -0.501. The number of sulfonamides is 1. The number of nitrogens with zero attached hydrogens (tertiary/aromatic N) is 1. The third kappa shape index (κ3) is 5.84. The zero-order valence-corrected chi connectivity index (χ0v) is 19.0. The van der Waals surface area contributed by atoms with Crippen molar-refractivity contribution < 1.29 is 18.0 Å². The second kappa shape index (κ2) is 10.1. The van der Waals surface area contributed by atoms with Gasteiger partial charge >= 0.3 is 0 Å². The molecule has 1 saturated heterocycles. The number of carbonyl (C=O) groups is 2. The van der Waals surface area contributed by atoms with E-state index in [-0.39, 0.29) is 41.9 Å². The highest BCUT2D eigenvalue weighted by Crippen LogP contribution is 2.33. The van der Waals surface area contributed by atoms with Gasteiger partial charge in [-0.25, -0.2) is 12.7 Å². The number of hydrogen-bond donors (Lipinski definition) is 2. The molecule has 1 aliphatic rings. The van der Waals surface area contributed by atoms with Crippen LogP contribution in [0, 0.1) is 5.41 Å². The van der Waals surface area contributed by atoms with Crippen LogP contribution in [-0.4, -0.2) is 56.5 Å². The van der Waals surface area contributed by atoms with Crippen molar-refractivity contribution in [3.05, 3.63) is 33.8 Å². The summed E-state index contributed by atoms with van der Waals surface area (Å²) in [7, 11) is -3.32. The molecule has 162 valence electrons. The van der Waals surface area contributed by atoms with Gasteiger partial charge in [0.15, 0.2) is 0 Å². The first kappa shape index (κ1) is 23.9. The van der Waals surface area contributed by atoms with Crippen LogP contribution < -0.4 is 10.6 Å². The van der Waals surface area contributed by atoms with E-state index in [0.29, 0.717) is 30.8 Å². The second-order valence-corrected chi connectivity index (χ2v) is 10.1.